The summed E-state index contributed by atoms with van der Waals surface area (Å²) in [7, 11) is 3.20. The van der Waals surface area contributed by atoms with Gasteiger partial charge in [0.25, 0.3) is 0 Å². The number of hydrogen-bond donors (Lipinski definition) is 2. The molecule has 0 radical (unpaired) electrons. The van der Waals surface area contributed by atoms with Crippen molar-refractivity contribution in [2.45, 2.75) is 0 Å². The number of rotatable bonds is 4. The molecule has 0 amide bonds. The highest BCUT2D eigenvalue weighted by Crippen LogP contribution is 2.25. The van der Waals surface area contributed by atoms with E-state index in [-0.39, 0.29) is 5.84 Å². The number of para-hydroxylation sites is 3. The van der Waals surface area contributed by atoms with Gasteiger partial charge in [0.2, 0.25) is 0 Å². The molecule has 2 N–H and O–H groups in total. The Morgan fingerprint density at radius 3 is 2.16 bits per heavy atom. The monoisotopic (exact) mass is 256 g/mol. The third-order valence-electron chi connectivity index (χ3n) is 2.74. The summed E-state index contributed by atoms with van der Waals surface area (Å²) in [5.74, 6) is 1.62. The van der Waals surface area contributed by atoms with Crippen LogP contribution >= 0.6 is 0 Å². The van der Waals surface area contributed by atoms with E-state index in [2.05, 4.69) is 5.32 Å². The molecule has 0 aliphatic carbocycles. The van der Waals surface area contributed by atoms with Crippen LogP contribution in [0.25, 0.3) is 0 Å². The second-order valence-electron chi connectivity index (χ2n) is 3.90. The lowest BCUT2D eigenvalue weighted by Crippen LogP contribution is -2.13. The van der Waals surface area contributed by atoms with E-state index in [1.807, 2.05) is 48.5 Å². The van der Waals surface area contributed by atoms with E-state index in [0.717, 1.165) is 5.69 Å². The number of methoxy groups -OCH3 is 2. The van der Waals surface area contributed by atoms with Crippen molar-refractivity contribution in [3.8, 4) is 11.5 Å². The summed E-state index contributed by atoms with van der Waals surface area (Å²) in [5, 5.41) is 11.2. The number of anilines is 1. The molecule has 0 fully saturated rings. The second-order valence-corrected chi connectivity index (χ2v) is 3.90. The van der Waals surface area contributed by atoms with Crippen LogP contribution in [-0.2, 0) is 0 Å². The Hall–Kier alpha value is -2.49. The number of ether oxygens (including phenoxy) is 2. The van der Waals surface area contributed by atoms with Gasteiger partial charge in [0.05, 0.1) is 25.5 Å². The average molecular weight is 256 g/mol. The van der Waals surface area contributed by atoms with Gasteiger partial charge in [-0.3, -0.25) is 5.41 Å². The van der Waals surface area contributed by atoms with Crippen LogP contribution in [-0.4, -0.2) is 20.1 Å². The first-order valence-electron chi connectivity index (χ1n) is 5.88. The van der Waals surface area contributed by atoms with E-state index in [1.54, 1.807) is 14.2 Å². The maximum Gasteiger partial charge on any atom is 0.142 e. The third kappa shape index (κ3) is 2.85. The largest absolute Gasteiger partial charge is 0.496 e. The molecule has 0 aliphatic rings. The Kier molecular flexibility index (Phi) is 4.03. The summed E-state index contributed by atoms with van der Waals surface area (Å²) in [5.41, 5.74) is 1.46. The van der Waals surface area contributed by atoms with E-state index in [0.29, 0.717) is 17.1 Å². The summed E-state index contributed by atoms with van der Waals surface area (Å²) < 4.78 is 10.5. The van der Waals surface area contributed by atoms with Crippen LogP contribution < -0.4 is 14.8 Å². The zero-order valence-electron chi connectivity index (χ0n) is 10.9. The van der Waals surface area contributed by atoms with E-state index in [1.165, 1.54) is 0 Å². The minimum atomic E-state index is 0.266. The number of benzene rings is 2. The molecule has 0 heterocycles. The van der Waals surface area contributed by atoms with E-state index < -0.39 is 0 Å². The summed E-state index contributed by atoms with van der Waals surface area (Å²) in [4.78, 5) is 0. The zero-order chi connectivity index (χ0) is 13.7. The normalized spacial score (nSPS) is 9.79. The molecule has 0 aromatic heterocycles. The minimum Gasteiger partial charge on any atom is -0.496 e. The molecule has 0 saturated carbocycles. The lowest BCUT2D eigenvalue weighted by Gasteiger charge is -2.13. The first-order valence-corrected chi connectivity index (χ1v) is 5.88. The number of nitrogens with one attached hydrogen (secondary N) is 2. The Labute approximate surface area is 112 Å². The molecule has 0 spiro atoms. The molecular formula is C15H16N2O2. The Morgan fingerprint density at radius 1 is 0.895 bits per heavy atom. The van der Waals surface area contributed by atoms with Gasteiger partial charge >= 0.3 is 0 Å². The molecule has 4 heteroatoms. The zero-order valence-corrected chi connectivity index (χ0v) is 10.9. The van der Waals surface area contributed by atoms with Crippen LogP contribution in [0.4, 0.5) is 5.69 Å². The predicted molar refractivity (Wildman–Crippen MR) is 76.4 cm³/mol. The van der Waals surface area contributed by atoms with Crippen LogP contribution in [0.5, 0.6) is 11.5 Å². The molecular weight excluding hydrogens is 240 g/mol. The van der Waals surface area contributed by atoms with Gasteiger partial charge in [-0.2, -0.15) is 0 Å². The smallest absolute Gasteiger partial charge is 0.142 e. The maximum absolute atomic E-state index is 8.14. The van der Waals surface area contributed by atoms with Crippen molar-refractivity contribution < 1.29 is 9.47 Å². The van der Waals surface area contributed by atoms with Gasteiger partial charge < -0.3 is 14.8 Å². The van der Waals surface area contributed by atoms with Gasteiger partial charge in [-0.15, -0.1) is 0 Å². The topological polar surface area (TPSA) is 54.3 Å². The molecule has 2 aromatic rings. The van der Waals surface area contributed by atoms with Crippen molar-refractivity contribution in [2.75, 3.05) is 19.5 Å². The van der Waals surface area contributed by atoms with Crippen molar-refractivity contribution in [3.05, 3.63) is 54.1 Å². The van der Waals surface area contributed by atoms with Crippen LogP contribution in [0.15, 0.2) is 48.5 Å². The van der Waals surface area contributed by atoms with Crippen LogP contribution in [0.3, 0.4) is 0 Å². The van der Waals surface area contributed by atoms with E-state index in [9.17, 15) is 0 Å². The van der Waals surface area contributed by atoms with Gasteiger partial charge in [0.15, 0.2) is 0 Å². The molecule has 0 unspecified atom stereocenters. The van der Waals surface area contributed by atoms with Crippen LogP contribution in [0, 0.1) is 5.41 Å². The molecule has 0 bridgehead atoms. The first kappa shape index (κ1) is 13.0. The Morgan fingerprint density at radius 2 is 1.47 bits per heavy atom. The van der Waals surface area contributed by atoms with Gasteiger partial charge in [-0.05, 0) is 24.3 Å². The quantitative estimate of drug-likeness (QED) is 0.652. The molecule has 0 saturated heterocycles. The second kappa shape index (κ2) is 5.91. The highest BCUT2D eigenvalue weighted by Gasteiger charge is 2.10. The highest BCUT2D eigenvalue weighted by atomic mass is 16.5. The fourth-order valence-electron chi connectivity index (χ4n) is 1.80. The lowest BCUT2D eigenvalue weighted by molar-refractivity contribution is 0.413. The molecule has 0 atom stereocenters. The number of hydrogen-bond acceptors (Lipinski definition) is 3. The van der Waals surface area contributed by atoms with Gasteiger partial charge in [-0.25, -0.2) is 0 Å². The molecule has 98 valence electrons. The maximum atomic E-state index is 8.14. The van der Waals surface area contributed by atoms with Crippen molar-refractivity contribution >= 4 is 11.5 Å². The first-order chi connectivity index (χ1) is 9.26. The summed E-state index contributed by atoms with van der Waals surface area (Å²) >= 11 is 0. The number of amidine groups is 1. The minimum absolute atomic E-state index is 0.266. The molecule has 19 heavy (non-hydrogen) atoms. The SMILES string of the molecule is COc1ccccc1NC(=N)c1ccccc1OC. The summed E-state index contributed by atoms with van der Waals surface area (Å²) in [6.45, 7) is 0. The van der Waals surface area contributed by atoms with Gasteiger partial charge in [0.1, 0.15) is 17.3 Å². The average Bonchev–Trinajstić information content (AvgIpc) is 2.47. The van der Waals surface area contributed by atoms with E-state index in [4.69, 9.17) is 14.9 Å². The Balaban J connectivity index is 2.26. The third-order valence-corrected chi connectivity index (χ3v) is 2.74. The standard InChI is InChI=1S/C15H16N2O2/c1-18-13-9-5-3-7-11(13)15(16)17-12-8-4-6-10-14(12)19-2/h3-10H,1-2H3,(H2,16,17). The predicted octanol–water partition coefficient (Wildman–Crippen LogP) is 3.14. The molecule has 2 aromatic carbocycles. The highest BCUT2D eigenvalue weighted by molar-refractivity contribution is 6.08. The molecule has 2 rings (SSSR count). The molecule has 0 aliphatic heterocycles. The fraction of sp³-hybridized carbons (Fsp3) is 0.133. The molecule has 4 nitrogen and oxygen atoms in total. The van der Waals surface area contributed by atoms with Crippen molar-refractivity contribution in [1.29, 1.82) is 5.41 Å². The Bertz CT molecular complexity index is 582. The van der Waals surface area contributed by atoms with Gasteiger partial charge in [-0.1, -0.05) is 24.3 Å². The van der Waals surface area contributed by atoms with Crippen molar-refractivity contribution in [2.24, 2.45) is 0 Å². The van der Waals surface area contributed by atoms with Crippen molar-refractivity contribution in [1.82, 2.24) is 0 Å². The van der Waals surface area contributed by atoms with Crippen LogP contribution in [0.1, 0.15) is 5.56 Å². The van der Waals surface area contributed by atoms with Crippen molar-refractivity contribution in [3.63, 3.8) is 0 Å². The van der Waals surface area contributed by atoms with Gasteiger partial charge in [0, 0.05) is 0 Å². The lowest BCUT2D eigenvalue weighted by atomic mass is 10.1. The summed E-state index contributed by atoms with van der Waals surface area (Å²) in [6, 6.07) is 14.9. The van der Waals surface area contributed by atoms with E-state index >= 15 is 0 Å². The van der Waals surface area contributed by atoms with Crippen LogP contribution in [0.2, 0.25) is 0 Å². The fourth-order valence-corrected chi connectivity index (χ4v) is 1.80. The summed E-state index contributed by atoms with van der Waals surface area (Å²) in [6.07, 6.45) is 0.